The molecule has 0 aromatic heterocycles. The predicted molar refractivity (Wildman–Crippen MR) is 136 cm³/mol. The Labute approximate surface area is 217 Å². The van der Waals surface area contributed by atoms with Crippen LogP contribution in [-0.2, 0) is 35.2 Å². The van der Waals surface area contributed by atoms with Crippen LogP contribution in [0.2, 0.25) is 0 Å². The van der Waals surface area contributed by atoms with E-state index in [9.17, 15) is 19.2 Å². The minimum absolute atomic E-state index is 0.0219. The number of aliphatic hydroxyl groups excluding tert-OH is 1. The molecule has 3 amide bonds. The van der Waals surface area contributed by atoms with Crippen LogP contribution >= 0.6 is 0 Å². The second kappa shape index (κ2) is 19.5. The topological polar surface area (TPSA) is 152 Å². The molecule has 0 fully saturated rings. The van der Waals surface area contributed by atoms with Crippen molar-refractivity contribution in [3.8, 4) is 0 Å². The Morgan fingerprint density at radius 3 is 2.30 bits per heavy atom. The summed E-state index contributed by atoms with van der Waals surface area (Å²) in [6, 6.07) is 8.10. The van der Waals surface area contributed by atoms with Gasteiger partial charge in [-0.15, -0.1) is 13.2 Å². The van der Waals surface area contributed by atoms with Gasteiger partial charge in [0.05, 0.1) is 32.3 Å². The molecule has 1 aromatic rings. The number of ether oxygens (including phenoxy) is 3. The number of carbonyl (C=O) groups is 4. The van der Waals surface area contributed by atoms with Crippen molar-refractivity contribution < 1.29 is 38.5 Å². The van der Waals surface area contributed by atoms with Crippen LogP contribution in [0, 0.1) is 5.92 Å². The van der Waals surface area contributed by atoms with E-state index >= 15 is 0 Å². The maximum Gasteiger partial charge on any atom is 0.408 e. The van der Waals surface area contributed by atoms with Crippen molar-refractivity contribution in [2.24, 2.45) is 5.92 Å². The molecule has 2 atom stereocenters. The average Bonchev–Trinajstić information content (AvgIpc) is 2.89. The third-order valence-electron chi connectivity index (χ3n) is 4.90. The van der Waals surface area contributed by atoms with Crippen molar-refractivity contribution in [3.05, 3.63) is 61.2 Å². The lowest BCUT2D eigenvalue weighted by Crippen LogP contribution is -2.42. The highest BCUT2D eigenvalue weighted by Gasteiger charge is 2.23. The lowest BCUT2D eigenvalue weighted by atomic mass is 10.00. The van der Waals surface area contributed by atoms with Gasteiger partial charge in [-0.3, -0.25) is 9.59 Å². The summed E-state index contributed by atoms with van der Waals surface area (Å²) in [5, 5.41) is 16.4. The van der Waals surface area contributed by atoms with E-state index < -0.39 is 24.0 Å². The van der Waals surface area contributed by atoms with Gasteiger partial charge < -0.3 is 35.3 Å². The molecule has 0 heterocycles. The lowest BCUT2D eigenvalue weighted by molar-refractivity contribution is -0.146. The van der Waals surface area contributed by atoms with Gasteiger partial charge in [0.15, 0.2) is 0 Å². The number of hydrogen-bond acceptors (Lipinski definition) is 8. The molecule has 0 bridgehead atoms. The number of nitrogens with one attached hydrogen (secondary N) is 3. The van der Waals surface area contributed by atoms with Crippen LogP contribution in [-0.4, -0.2) is 74.5 Å². The molecule has 0 aliphatic rings. The summed E-state index contributed by atoms with van der Waals surface area (Å²) in [4.78, 5) is 49.0. The molecule has 204 valence electrons. The van der Waals surface area contributed by atoms with Gasteiger partial charge in [-0.05, 0) is 18.4 Å². The van der Waals surface area contributed by atoms with Crippen LogP contribution in [0.25, 0.3) is 0 Å². The third-order valence-corrected chi connectivity index (χ3v) is 4.90. The minimum atomic E-state index is -0.991. The first kappa shape index (κ1) is 31.3. The molecule has 0 saturated carbocycles. The summed E-state index contributed by atoms with van der Waals surface area (Å²) in [6.07, 6.45) is 2.61. The SMILES string of the molecule is C=CC[C@H](CC(=O)NCCOCCO)C(=O)NCCOC(=O)[C@@H](CC=C)NC(=O)OCc1ccccc1. The van der Waals surface area contributed by atoms with Gasteiger partial charge in [-0.1, -0.05) is 42.5 Å². The van der Waals surface area contributed by atoms with E-state index in [4.69, 9.17) is 19.3 Å². The lowest BCUT2D eigenvalue weighted by Gasteiger charge is -2.17. The smallest absolute Gasteiger partial charge is 0.408 e. The van der Waals surface area contributed by atoms with Gasteiger partial charge in [0.1, 0.15) is 19.3 Å². The van der Waals surface area contributed by atoms with E-state index in [0.717, 1.165) is 5.56 Å². The summed E-state index contributed by atoms with van der Waals surface area (Å²) in [5.41, 5.74) is 0.801. The Balaban J connectivity index is 2.39. The molecule has 0 saturated heterocycles. The van der Waals surface area contributed by atoms with Crippen molar-refractivity contribution in [3.63, 3.8) is 0 Å². The van der Waals surface area contributed by atoms with Crippen molar-refractivity contribution >= 4 is 23.9 Å². The highest BCUT2D eigenvalue weighted by Crippen LogP contribution is 2.09. The highest BCUT2D eigenvalue weighted by molar-refractivity contribution is 5.86. The monoisotopic (exact) mass is 519 g/mol. The summed E-state index contributed by atoms with van der Waals surface area (Å²) >= 11 is 0. The van der Waals surface area contributed by atoms with Crippen LogP contribution in [0.3, 0.4) is 0 Å². The summed E-state index contributed by atoms with van der Waals surface area (Å²) in [5.74, 6) is -2.04. The number of allylic oxidation sites excluding steroid dienone is 1. The number of hydrogen-bond donors (Lipinski definition) is 4. The number of benzene rings is 1. The maximum atomic E-state index is 12.5. The number of carbonyl (C=O) groups excluding carboxylic acids is 4. The van der Waals surface area contributed by atoms with E-state index in [1.807, 2.05) is 18.2 Å². The van der Waals surface area contributed by atoms with Crippen LogP contribution in [0.1, 0.15) is 24.8 Å². The zero-order valence-electron chi connectivity index (χ0n) is 21.0. The fourth-order valence-electron chi connectivity index (χ4n) is 3.07. The number of rotatable bonds is 19. The predicted octanol–water partition coefficient (Wildman–Crippen LogP) is 1.22. The number of amides is 3. The van der Waals surface area contributed by atoms with E-state index in [1.165, 1.54) is 6.08 Å². The largest absolute Gasteiger partial charge is 0.462 e. The molecular weight excluding hydrogens is 482 g/mol. The zero-order valence-corrected chi connectivity index (χ0v) is 21.0. The average molecular weight is 520 g/mol. The normalized spacial score (nSPS) is 11.9. The second-order valence-corrected chi connectivity index (χ2v) is 7.85. The molecule has 1 rings (SSSR count). The molecule has 0 unspecified atom stereocenters. The van der Waals surface area contributed by atoms with Gasteiger partial charge >= 0.3 is 12.1 Å². The van der Waals surface area contributed by atoms with Gasteiger partial charge in [-0.2, -0.15) is 0 Å². The van der Waals surface area contributed by atoms with E-state index in [0.29, 0.717) is 0 Å². The summed E-state index contributed by atoms with van der Waals surface area (Å²) in [7, 11) is 0. The summed E-state index contributed by atoms with van der Waals surface area (Å²) in [6.45, 7) is 7.74. The molecular formula is C26H37N3O8. The van der Waals surface area contributed by atoms with Crippen molar-refractivity contribution in [1.82, 2.24) is 16.0 Å². The Morgan fingerprint density at radius 1 is 0.919 bits per heavy atom. The number of aliphatic hydroxyl groups is 1. The second-order valence-electron chi connectivity index (χ2n) is 7.85. The van der Waals surface area contributed by atoms with Gasteiger partial charge in [0, 0.05) is 13.0 Å². The third kappa shape index (κ3) is 14.5. The van der Waals surface area contributed by atoms with Crippen LogP contribution in [0.15, 0.2) is 55.6 Å². The fourth-order valence-corrected chi connectivity index (χ4v) is 3.07. The molecule has 11 heteroatoms. The van der Waals surface area contributed by atoms with Gasteiger partial charge in [-0.25, -0.2) is 9.59 Å². The van der Waals surface area contributed by atoms with Crippen LogP contribution in [0.4, 0.5) is 4.79 Å². The van der Waals surface area contributed by atoms with Crippen molar-refractivity contribution in [1.29, 1.82) is 0 Å². The van der Waals surface area contributed by atoms with Crippen LogP contribution in [0.5, 0.6) is 0 Å². The molecule has 0 aliphatic heterocycles. The fraction of sp³-hybridized carbons (Fsp3) is 0.462. The zero-order chi connectivity index (χ0) is 27.3. The van der Waals surface area contributed by atoms with Crippen LogP contribution < -0.4 is 16.0 Å². The minimum Gasteiger partial charge on any atom is -0.462 e. The Kier molecular flexibility index (Phi) is 16.5. The van der Waals surface area contributed by atoms with E-state index in [-0.39, 0.29) is 77.2 Å². The first-order valence-electron chi connectivity index (χ1n) is 12.0. The molecule has 4 N–H and O–H groups in total. The molecule has 37 heavy (non-hydrogen) atoms. The molecule has 1 aromatic carbocycles. The van der Waals surface area contributed by atoms with Crippen molar-refractivity contribution in [2.45, 2.75) is 31.9 Å². The van der Waals surface area contributed by atoms with Crippen molar-refractivity contribution in [2.75, 3.05) is 39.5 Å². The number of alkyl carbamates (subject to hydrolysis) is 1. The number of esters is 1. The summed E-state index contributed by atoms with van der Waals surface area (Å²) < 4.78 is 15.4. The van der Waals surface area contributed by atoms with Gasteiger partial charge in [0.2, 0.25) is 11.8 Å². The quantitative estimate of drug-likeness (QED) is 0.121. The standard InChI is InChI=1S/C26H37N3O8/c1-3-8-21(18-23(31)27-12-15-35-17-14-30)24(32)28-13-16-36-25(33)22(9-4-2)29-26(34)37-19-20-10-6-5-7-11-20/h3-7,10-11,21-22,30H,1-2,8-9,12-19H2,(H,27,31)(H,28,32)(H,29,34)/t21-,22-/m1/s1. The Morgan fingerprint density at radius 2 is 1.62 bits per heavy atom. The van der Waals surface area contributed by atoms with E-state index in [1.54, 1.807) is 18.2 Å². The molecule has 11 nitrogen and oxygen atoms in total. The Bertz CT molecular complexity index is 863. The first-order valence-corrected chi connectivity index (χ1v) is 12.0. The van der Waals surface area contributed by atoms with E-state index in [2.05, 4.69) is 29.1 Å². The molecule has 0 aliphatic carbocycles. The highest BCUT2D eigenvalue weighted by atomic mass is 16.6. The molecule has 0 radical (unpaired) electrons. The molecule has 0 spiro atoms. The first-order chi connectivity index (χ1) is 17.9. The Hall–Kier alpha value is -3.70. The van der Waals surface area contributed by atoms with Gasteiger partial charge in [0.25, 0.3) is 0 Å². The maximum absolute atomic E-state index is 12.5.